The Kier molecular flexibility index (Phi) is 5.21. The van der Waals surface area contributed by atoms with Gasteiger partial charge < -0.3 is 9.72 Å². The zero-order valence-electron chi connectivity index (χ0n) is 14.7. The number of imidazole rings is 1. The molecule has 0 saturated heterocycles. The van der Waals surface area contributed by atoms with Gasteiger partial charge in [0, 0.05) is 29.4 Å². The van der Waals surface area contributed by atoms with Crippen LogP contribution in [-0.2, 0) is 10.5 Å². The molecule has 27 heavy (non-hydrogen) atoms. The molecule has 1 N–H and O–H groups in total. The summed E-state index contributed by atoms with van der Waals surface area (Å²) in [5, 5.41) is 2.95. The molecule has 0 atom stereocenters. The number of thioether (sulfide) groups is 1. The molecule has 0 aliphatic rings. The number of carbonyl (C=O) groups excluding carboxylic acids is 1. The number of hydrogen-bond donors (Lipinski definition) is 1. The highest BCUT2D eigenvalue weighted by Gasteiger charge is 2.06. The van der Waals surface area contributed by atoms with Crippen LogP contribution in [0.1, 0.15) is 5.56 Å². The molecular formula is C22H19N3OS. The van der Waals surface area contributed by atoms with Crippen molar-refractivity contribution >= 4 is 29.0 Å². The SMILES string of the molecule is O=C(CSCc1ccccc1)Nc1ccc(-c2cn3ccccc3n2)cc1. The van der Waals surface area contributed by atoms with Crippen molar-refractivity contribution in [1.29, 1.82) is 0 Å². The van der Waals surface area contributed by atoms with Crippen LogP contribution in [0.3, 0.4) is 0 Å². The fourth-order valence-electron chi connectivity index (χ4n) is 2.83. The smallest absolute Gasteiger partial charge is 0.234 e. The van der Waals surface area contributed by atoms with Gasteiger partial charge in [-0.05, 0) is 29.8 Å². The van der Waals surface area contributed by atoms with Crippen molar-refractivity contribution in [3.63, 3.8) is 0 Å². The third-order valence-electron chi connectivity index (χ3n) is 4.17. The molecular weight excluding hydrogens is 354 g/mol. The van der Waals surface area contributed by atoms with Gasteiger partial charge in [-0.25, -0.2) is 4.98 Å². The van der Waals surface area contributed by atoms with Gasteiger partial charge in [-0.15, -0.1) is 11.8 Å². The summed E-state index contributed by atoms with van der Waals surface area (Å²) < 4.78 is 2.00. The van der Waals surface area contributed by atoms with Gasteiger partial charge in [-0.1, -0.05) is 48.5 Å². The molecule has 5 heteroatoms. The van der Waals surface area contributed by atoms with E-state index in [-0.39, 0.29) is 5.91 Å². The van der Waals surface area contributed by atoms with Gasteiger partial charge in [-0.3, -0.25) is 4.79 Å². The van der Waals surface area contributed by atoms with Crippen molar-refractivity contribution in [2.75, 3.05) is 11.1 Å². The molecule has 1 amide bonds. The number of amides is 1. The summed E-state index contributed by atoms with van der Waals surface area (Å²) in [5.74, 6) is 1.28. The summed E-state index contributed by atoms with van der Waals surface area (Å²) in [6.07, 6.45) is 3.98. The third kappa shape index (κ3) is 4.38. The Bertz CT molecular complexity index is 1010. The van der Waals surface area contributed by atoms with E-state index in [1.54, 1.807) is 11.8 Å². The van der Waals surface area contributed by atoms with E-state index in [2.05, 4.69) is 22.4 Å². The molecule has 0 fully saturated rings. The summed E-state index contributed by atoms with van der Waals surface area (Å²) in [6, 6.07) is 23.9. The first-order chi connectivity index (χ1) is 13.3. The normalized spacial score (nSPS) is 10.8. The van der Waals surface area contributed by atoms with Crippen LogP contribution in [0, 0.1) is 0 Å². The van der Waals surface area contributed by atoms with Gasteiger partial charge in [0.15, 0.2) is 0 Å². The second-order valence-electron chi connectivity index (χ2n) is 6.20. The van der Waals surface area contributed by atoms with Crippen molar-refractivity contribution < 1.29 is 4.79 Å². The number of pyridine rings is 1. The first kappa shape index (κ1) is 17.4. The molecule has 0 saturated carbocycles. The Morgan fingerprint density at radius 3 is 2.52 bits per heavy atom. The molecule has 0 radical (unpaired) electrons. The summed E-state index contributed by atoms with van der Waals surface area (Å²) in [5.41, 5.74) is 4.88. The summed E-state index contributed by atoms with van der Waals surface area (Å²) in [6.45, 7) is 0. The molecule has 0 spiro atoms. The Morgan fingerprint density at radius 1 is 0.963 bits per heavy atom. The molecule has 0 bridgehead atoms. The number of carbonyl (C=O) groups is 1. The van der Waals surface area contributed by atoms with Gasteiger partial charge >= 0.3 is 0 Å². The Labute approximate surface area is 162 Å². The standard InChI is InChI=1S/C22H19N3OS/c26-22(16-27-15-17-6-2-1-3-7-17)23-19-11-9-18(10-12-19)20-14-25-13-5-4-8-21(25)24-20/h1-14H,15-16H2,(H,23,26). The van der Waals surface area contributed by atoms with Crippen LogP contribution in [0.25, 0.3) is 16.9 Å². The van der Waals surface area contributed by atoms with Gasteiger partial charge in [0.1, 0.15) is 5.65 Å². The van der Waals surface area contributed by atoms with Crippen LogP contribution in [0.4, 0.5) is 5.69 Å². The number of aromatic nitrogens is 2. The lowest BCUT2D eigenvalue weighted by Gasteiger charge is -2.06. The van der Waals surface area contributed by atoms with Crippen LogP contribution in [0.5, 0.6) is 0 Å². The summed E-state index contributed by atoms with van der Waals surface area (Å²) in [7, 11) is 0. The highest BCUT2D eigenvalue weighted by atomic mass is 32.2. The van der Waals surface area contributed by atoms with Gasteiger partial charge in [0.05, 0.1) is 11.4 Å². The van der Waals surface area contributed by atoms with Crippen molar-refractivity contribution in [1.82, 2.24) is 9.38 Å². The lowest BCUT2D eigenvalue weighted by Crippen LogP contribution is -2.14. The molecule has 4 rings (SSSR count). The minimum Gasteiger partial charge on any atom is -0.325 e. The number of benzene rings is 2. The predicted octanol–water partition coefficient (Wildman–Crippen LogP) is 4.87. The van der Waals surface area contributed by atoms with E-state index >= 15 is 0 Å². The van der Waals surface area contributed by atoms with E-state index in [0.717, 1.165) is 28.3 Å². The molecule has 134 valence electrons. The molecule has 0 unspecified atom stereocenters. The number of nitrogens with zero attached hydrogens (tertiary/aromatic N) is 2. The van der Waals surface area contributed by atoms with Crippen molar-refractivity contribution in [2.24, 2.45) is 0 Å². The molecule has 4 aromatic rings. The van der Waals surface area contributed by atoms with Crippen molar-refractivity contribution in [3.8, 4) is 11.3 Å². The fourth-order valence-corrected chi connectivity index (χ4v) is 3.62. The molecule has 4 nitrogen and oxygen atoms in total. The number of nitrogens with one attached hydrogen (secondary N) is 1. The maximum Gasteiger partial charge on any atom is 0.234 e. The Hall–Kier alpha value is -3.05. The second-order valence-corrected chi connectivity index (χ2v) is 7.18. The lowest BCUT2D eigenvalue weighted by atomic mass is 10.1. The van der Waals surface area contributed by atoms with E-state index in [1.165, 1.54) is 5.56 Å². The quantitative estimate of drug-likeness (QED) is 0.524. The highest BCUT2D eigenvalue weighted by molar-refractivity contribution is 7.99. The van der Waals surface area contributed by atoms with E-state index in [0.29, 0.717) is 5.75 Å². The second kappa shape index (κ2) is 8.10. The summed E-state index contributed by atoms with van der Waals surface area (Å²) in [4.78, 5) is 16.7. The molecule has 0 aliphatic carbocycles. The summed E-state index contributed by atoms with van der Waals surface area (Å²) >= 11 is 1.61. The number of anilines is 1. The predicted molar refractivity (Wildman–Crippen MR) is 112 cm³/mol. The zero-order valence-corrected chi connectivity index (χ0v) is 15.5. The van der Waals surface area contributed by atoms with Gasteiger partial charge in [-0.2, -0.15) is 0 Å². The van der Waals surface area contributed by atoms with E-state index in [1.807, 2.05) is 77.5 Å². The van der Waals surface area contributed by atoms with Crippen LogP contribution < -0.4 is 5.32 Å². The molecule has 0 aliphatic heterocycles. The van der Waals surface area contributed by atoms with Gasteiger partial charge in [0.25, 0.3) is 0 Å². The maximum absolute atomic E-state index is 12.1. The van der Waals surface area contributed by atoms with Crippen LogP contribution >= 0.6 is 11.8 Å². The Morgan fingerprint density at radius 2 is 1.74 bits per heavy atom. The molecule has 2 aromatic heterocycles. The van der Waals surface area contributed by atoms with E-state index < -0.39 is 0 Å². The van der Waals surface area contributed by atoms with Crippen LogP contribution in [0.15, 0.2) is 85.2 Å². The van der Waals surface area contributed by atoms with Crippen LogP contribution in [0.2, 0.25) is 0 Å². The molecule has 2 heterocycles. The largest absolute Gasteiger partial charge is 0.325 e. The fraction of sp³-hybridized carbons (Fsp3) is 0.0909. The third-order valence-corrected chi connectivity index (χ3v) is 5.18. The minimum atomic E-state index is 0.0106. The van der Waals surface area contributed by atoms with Gasteiger partial charge in [0.2, 0.25) is 5.91 Å². The van der Waals surface area contributed by atoms with E-state index in [9.17, 15) is 4.79 Å². The number of rotatable bonds is 6. The number of hydrogen-bond acceptors (Lipinski definition) is 3. The van der Waals surface area contributed by atoms with Crippen molar-refractivity contribution in [3.05, 3.63) is 90.8 Å². The first-order valence-corrected chi connectivity index (χ1v) is 9.89. The zero-order chi connectivity index (χ0) is 18.5. The van der Waals surface area contributed by atoms with Crippen molar-refractivity contribution in [2.45, 2.75) is 5.75 Å². The average molecular weight is 373 g/mol. The number of fused-ring (bicyclic) bond motifs is 1. The molecule has 2 aromatic carbocycles. The average Bonchev–Trinajstić information content (AvgIpc) is 3.13. The lowest BCUT2D eigenvalue weighted by molar-refractivity contribution is -0.113. The minimum absolute atomic E-state index is 0.0106. The van der Waals surface area contributed by atoms with Crippen LogP contribution in [-0.4, -0.2) is 21.0 Å². The highest BCUT2D eigenvalue weighted by Crippen LogP contribution is 2.21. The topological polar surface area (TPSA) is 46.4 Å². The maximum atomic E-state index is 12.1. The van der Waals surface area contributed by atoms with E-state index in [4.69, 9.17) is 0 Å². The first-order valence-electron chi connectivity index (χ1n) is 8.74. The monoisotopic (exact) mass is 373 g/mol. The Balaban J connectivity index is 1.34.